The zero-order valence-corrected chi connectivity index (χ0v) is 11.8. The first-order chi connectivity index (χ1) is 8.81. The predicted octanol–water partition coefficient (Wildman–Crippen LogP) is 4.49. The average molecular weight is 263 g/mol. The molecule has 2 nitrogen and oxygen atoms in total. The summed E-state index contributed by atoms with van der Waals surface area (Å²) in [5, 5.41) is 0.850. The Labute approximate surface area is 112 Å². The Morgan fingerprint density at radius 1 is 1.11 bits per heavy atom. The third kappa shape index (κ3) is 3.45. The maximum atomic E-state index is 11.5. The molecule has 0 radical (unpaired) electrons. The Balaban J connectivity index is 1.84. The van der Waals surface area contributed by atoms with Crippen LogP contribution < -0.4 is 5.56 Å². The van der Waals surface area contributed by atoms with Crippen LogP contribution >= 0.6 is 11.5 Å². The number of hydrogen-bond acceptors (Lipinski definition) is 2. The number of aromatic nitrogens is 1. The topological polar surface area (TPSA) is 32.9 Å². The number of hydrogen-bond donors (Lipinski definition) is 1. The van der Waals surface area contributed by atoms with Gasteiger partial charge in [-0.2, -0.15) is 0 Å². The summed E-state index contributed by atoms with van der Waals surface area (Å²) in [6, 6.07) is 6.26. The lowest BCUT2D eigenvalue weighted by molar-refractivity contribution is 0.607. The summed E-state index contributed by atoms with van der Waals surface area (Å²) in [5.74, 6) is 0. The van der Waals surface area contributed by atoms with Gasteiger partial charge in [0.25, 0.3) is 5.56 Å². The number of fused-ring (bicyclic) bond motifs is 1. The number of H-pyrrole nitrogens is 1. The fourth-order valence-corrected chi connectivity index (χ4v) is 2.98. The van der Waals surface area contributed by atoms with E-state index in [0.29, 0.717) is 0 Å². The number of aromatic amines is 1. The molecule has 18 heavy (non-hydrogen) atoms. The molecule has 0 amide bonds. The molecule has 2 aromatic rings. The quantitative estimate of drug-likeness (QED) is 0.733. The van der Waals surface area contributed by atoms with Crippen LogP contribution in [0.25, 0.3) is 10.1 Å². The van der Waals surface area contributed by atoms with Gasteiger partial charge in [-0.3, -0.25) is 9.17 Å². The highest BCUT2D eigenvalue weighted by atomic mass is 32.1. The lowest BCUT2D eigenvalue weighted by atomic mass is 10.0. The van der Waals surface area contributed by atoms with Crippen LogP contribution in [0.2, 0.25) is 0 Å². The molecule has 1 aromatic heterocycles. The number of benzene rings is 1. The van der Waals surface area contributed by atoms with Gasteiger partial charge in [-0.05, 0) is 30.5 Å². The smallest absolute Gasteiger partial charge is 0.265 e. The van der Waals surface area contributed by atoms with Crippen molar-refractivity contribution in [2.24, 2.45) is 0 Å². The molecule has 0 aliphatic carbocycles. The Morgan fingerprint density at radius 2 is 1.89 bits per heavy atom. The van der Waals surface area contributed by atoms with E-state index in [0.717, 1.165) is 16.5 Å². The van der Waals surface area contributed by atoms with Crippen LogP contribution in [0.5, 0.6) is 0 Å². The standard InChI is InChI=1S/C15H21NOS/c1-2-3-4-5-6-7-8-12-9-10-14-13(11-12)15(17)16-18-14/h9-11H,2-8H2,1H3,(H,16,17). The minimum atomic E-state index is 0.0554. The van der Waals surface area contributed by atoms with Crippen LogP contribution in [0.3, 0.4) is 0 Å². The van der Waals surface area contributed by atoms with Gasteiger partial charge in [0, 0.05) is 0 Å². The first kappa shape index (κ1) is 13.3. The van der Waals surface area contributed by atoms with E-state index in [1.165, 1.54) is 55.6 Å². The zero-order chi connectivity index (χ0) is 12.8. The first-order valence-corrected chi connectivity index (χ1v) is 7.73. The summed E-state index contributed by atoms with van der Waals surface area (Å²) in [6.45, 7) is 2.24. The molecule has 1 N–H and O–H groups in total. The molecule has 1 aromatic carbocycles. The molecular formula is C15H21NOS. The Morgan fingerprint density at radius 3 is 2.72 bits per heavy atom. The molecule has 1 heterocycles. The Kier molecular flexibility index (Phi) is 5.00. The summed E-state index contributed by atoms with van der Waals surface area (Å²) < 4.78 is 3.84. The minimum Gasteiger partial charge on any atom is -0.277 e. The van der Waals surface area contributed by atoms with Crippen molar-refractivity contribution < 1.29 is 0 Å². The molecular weight excluding hydrogens is 242 g/mol. The largest absolute Gasteiger partial charge is 0.277 e. The van der Waals surface area contributed by atoms with Crippen LogP contribution in [0.15, 0.2) is 23.0 Å². The Bertz CT molecular complexity index is 541. The van der Waals surface area contributed by atoms with E-state index in [1.54, 1.807) is 0 Å². The molecule has 0 bridgehead atoms. The zero-order valence-electron chi connectivity index (χ0n) is 11.0. The van der Waals surface area contributed by atoms with Gasteiger partial charge >= 0.3 is 0 Å². The van der Waals surface area contributed by atoms with Crippen molar-refractivity contribution in [1.82, 2.24) is 4.37 Å². The normalized spacial score (nSPS) is 11.2. The lowest BCUT2D eigenvalue weighted by Gasteiger charge is -2.02. The van der Waals surface area contributed by atoms with Gasteiger partial charge in [0.1, 0.15) is 0 Å². The maximum absolute atomic E-state index is 11.5. The minimum absolute atomic E-state index is 0.0554. The Hall–Kier alpha value is -1.09. The average Bonchev–Trinajstić information content (AvgIpc) is 2.75. The van der Waals surface area contributed by atoms with Gasteiger partial charge < -0.3 is 0 Å². The predicted molar refractivity (Wildman–Crippen MR) is 79.5 cm³/mol. The third-order valence-corrected chi connectivity index (χ3v) is 4.22. The molecule has 0 atom stereocenters. The second kappa shape index (κ2) is 6.74. The highest BCUT2D eigenvalue weighted by molar-refractivity contribution is 7.13. The highest BCUT2D eigenvalue weighted by Gasteiger charge is 2.02. The van der Waals surface area contributed by atoms with E-state index in [2.05, 4.69) is 29.5 Å². The van der Waals surface area contributed by atoms with Crippen LogP contribution in [-0.2, 0) is 6.42 Å². The summed E-state index contributed by atoms with van der Waals surface area (Å²) >= 11 is 1.42. The number of unbranched alkanes of at least 4 members (excludes halogenated alkanes) is 5. The highest BCUT2D eigenvalue weighted by Crippen LogP contribution is 2.17. The van der Waals surface area contributed by atoms with Crippen LogP contribution in [0.4, 0.5) is 0 Å². The molecule has 98 valence electrons. The van der Waals surface area contributed by atoms with Crippen molar-refractivity contribution in [2.45, 2.75) is 51.9 Å². The van der Waals surface area contributed by atoms with Gasteiger partial charge in [0.05, 0.1) is 10.1 Å². The van der Waals surface area contributed by atoms with E-state index in [1.807, 2.05) is 0 Å². The fraction of sp³-hybridized carbons (Fsp3) is 0.533. The second-order valence-electron chi connectivity index (χ2n) is 4.88. The van der Waals surface area contributed by atoms with Crippen molar-refractivity contribution in [3.8, 4) is 0 Å². The SMILES string of the molecule is CCCCCCCCc1ccc2s[nH]c(=O)c2c1. The van der Waals surface area contributed by atoms with Gasteiger partial charge in [0.15, 0.2) is 0 Å². The van der Waals surface area contributed by atoms with Crippen LogP contribution in [0, 0.1) is 0 Å². The molecule has 0 fully saturated rings. The number of nitrogens with one attached hydrogen (secondary N) is 1. The lowest BCUT2D eigenvalue weighted by Crippen LogP contribution is -1.97. The van der Waals surface area contributed by atoms with E-state index >= 15 is 0 Å². The molecule has 0 unspecified atom stereocenters. The molecule has 0 spiro atoms. The van der Waals surface area contributed by atoms with E-state index < -0.39 is 0 Å². The van der Waals surface area contributed by atoms with Gasteiger partial charge in [0.2, 0.25) is 0 Å². The number of rotatable bonds is 7. The summed E-state index contributed by atoms with van der Waals surface area (Å²) in [4.78, 5) is 11.5. The number of aryl methyl sites for hydroxylation is 1. The summed E-state index contributed by atoms with van der Waals surface area (Å²) in [7, 11) is 0. The monoisotopic (exact) mass is 263 g/mol. The molecule has 0 saturated heterocycles. The second-order valence-corrected chi connectivity index (χ2v) is 5.73. The summed E-state index contributed by atoms with van der Waals surface area (Å²) in [6.07, 6.45) is 9.00. The van der Waals surface area contributed by atoms with Crippen LogP contribution in [0.1, 0.15) is 51.0 Å². The van der Waals surface area contributed by atoms with Crippen LogP contribution in [-0.4, -0.2) is 4.37 Å². The van der Waals surface area contributed by atoms with E-state index in [4.69, 9.17) is 0 Å². The van der Waals surface area contributed by atoms with Crippen molar-refractivity contribution >= 4 is 21.6 Å². The molecule has 2 rings (SSSR count). The van der Waals surface area contributed by atoms with Gasteiger partial charge in [-0.1, -0.05) is 56.6 Å². The summed E-state index contributed by atoms with van der Waals surface area (Å²) in [5.41, 5.74) is 1.35. The fourth-order valence-electron chi connectivity index (χ4n) is 2.26. The molecule has 0 aliphatic rings. The third-order valence-electron chi connectivity index (χ3n) is 3.36. The van der Waals surface area contributed by atoms with Crippen molar-refractivity contribution in [3.05, 3.63) is 34.1 Å². The van der Waals surface area contributed by atoms with Crippen molar-refractivity contribution in [2.75, 3.05) is 0 Å². The van der Waals surface area contributed by atoms with Crippen molar-refractivity contribution in [3.63, 3.8) is 0 Å². The maximum Gasteiger partial charge on any atom is 0.265 e. The van der Waals surface area contributed by atoms with Gasteiger partial charge in [-0.15, -0.1) is 0 Å². The van der Waals surface area contributed by atoms with E-state index in [-0.39, 0.29) is 5.56 Å². The van der Waals surface area contributed by atoms with Gasteiger partial charge in [-0.25, -0.2) is 0 Å². The van der Waals surface area contributed by atoms with Crippen molar-refractivity contribution in [1.29, 1.82) is 0 Å². The first-order valence-electron chi connectivity index (χ1n) is 6.91. The van der Waals surface area contributed by atoms with E-state index in [9.17, 15) is 4.79 Å². The molecule has 0 saturated carbocycles. The molecule has 3 heteroatoms. The molecule has 0 aliphatic heterocycles.